The first-order chi connectivity index (χ1) is 7.26. The molecule has 0 aromatic carbocycles. The van der Waals surface area contributed by atoms with E-state index in [1.54, 1.807) is 0 Å². The van der Waals surface area contributed by atoms with Crippen LogP contribution in [0.3, 0.4) is 0 Å². The van der Waals surface area contributed by atoms with Crippen LogP contribution in [0.15, 0.2) is 0 Å². The van der Waals surface area contributed by atoms with Gasteiger partial charge in [0.05, 0.1) is 0 Å². The lowest BCUT2D eigenvalue weighted by Gasteiger charge is -2.26. The Morgan fingerprint density at radius 2 is 2.13 bits per heavy atom. The smallest absolute Gasteiger partial charge is 0.0204 e. The number of nitrogens with one attached hydrogen (secondary N) is 2. The zero-order valence-electron chi connectivity index (χ0n) is 10.4. The van der Waals surface area contributed by atoms with Crippen LogP contribution in [-0.4, -0.2) is 38.2 Å². The summed E-state index contributed by atoms with van der Waals surface area (Å²) in [6, 6.07) is 0.769. The van der Waals surface area contributed by atoms with E-state index in [0.717, 1.165) is 18.0 Å². The van der Waals surface area contributed by atoms with Crippen LogP contribution in [0.5, 0.6) is 0 Å². The molecule has 0 radical (unpaired) electrons. The first-order valence-electron chi connectivity index (χ1n) is 6.13. The Hall–Kier alpha value is 0.270. The fourth-order valence-electron chi connectivity index (χ4n) is 1.85. The van der Waals surface area contributed by atoms with Crippen LogP contribution in [0.2, 0.25) is 0 Å². The van der Waals surface area contributed by atoms with Crippen LogP contribution < -0.4 is 10.6 Å². The molecule has 1 heterocycles. The molecule has 2 nitrogen and oxygen atoms in total. The lowest BCUT2D eigenvalue weighted by atomic mass is 10.1. The van der Waals surface area contributed by atoms with E-state index < -0.39 is 0 Å². The molecule has 1 unspecified atom stereocenters. The molecule has 2 fully saturated rings. The van der Waals surface area contributed by atoms with Gasteiger partial charge in [0.1, 0.15) is 0 Å². The topological polar surface area (TPSA) is 24.1 Å². The average molecular weight is 230 g/mol. The third kappa shape index (κ3) is 4.75. The molecule has 0 bridgehead atoms. The van der Waals surface area contributed by atoms with Crippen molar-refractivity contribution in [1.82, 2.24) is 10.6 Å². The monoisotopic (exact) mass is 230 g/mol. The molecule has 90 valence electrons. The standard InChI is InChI=1S/C7H14S.C5H12N2/c1-3-7(4-5-7)6-8-2;1-6-4-5-2-3-7-5/h3-6H2,1-2H3;5-7H,2-4H2,1H3. The van der Waals surface area contributed by atoms with Crippen molar-refractivity contribution in [2.24, 2.45) is 5.41 Å². The second-order valence-corrected chi connectivity index (χ2v) is 5.65. The largest absolute Gasteiger partial charge is 0.318 e. The van der Waals surface area contributed by atoms with Gasteiger partial charge in [0, 0.05) is 12.6 Å². The van der Waals surface area contributed by atoms with Gasteiger partial charge in [-0.3, -0.25) is 0 Å². The molecule has 2 aliphatic rings. The molecule has 0 aromatic rings. The molecule has 0 amide bonds. The zero-order chi connectivity index (χ0) is 11.1. The maximum absolute atomic E-state index is 3.28. The molecule has 2 rings (SSSR count). The summed E-state index contributed by atoms with van der Waals surface area (Å²) >= 11 is 2.00. The van der Waals surface area contributed by atoms with Crippen LogP contribution in [-0.2, 0) is 0 Å². The quantitative estimate of drug-likeness (QED) is 0.756. The lowest BCUT2D eigenvalue weighted by molar-refractivity contribution is 0.362. The Kier molecular flexibility index (Phi) is 6.02. The molecule has 1 saturated carbocycles. The summed E-state index contributed by atoms with van der Waals surface area (Å²) < 4.78 is 0. The molecular formula is C12H26N2S. The minimum absolute atomic E-state index is 0.769. The van der Waals surface area contributed by atoms with Crippen molar-refractivity contribution in [1.29, 1.82) is 0 Å². The van der Waals surface area contributed by atoms with Crippen molar-refractivity contribution in [2.45, 2.75) is 38.6 Å². The molecule has 1 saturated heterocycles. The van der Waals surface area contributed by atoms with Crippen molar-refractivity contribution in [3.63, 3.8) is 0 Å². The fourth-order valence-corrected chi connectivity index (χ4v) is 2.96. The maximum atomic E-state index is 3.28. The maximum Gasteiger partial charge on any atom is 0.0204 e. The van der Waals surface area contributed by atoms with Gasteiger partial charge < -0.3 is 10.6 Å². The van der Waals surface area contributed by atoms with Gasteiger partial charge >= 0.3 is 0 Å². The van der Waals surface area contributed by atoms with E-state index in [0.29, 0.717) is 0 Å². The third-order valence-corrected chi connectivity index (χ3v) is 4.44. The number of hydrogen-bond acceptors (Lipinski definition) is 3. The zero-order valence-corrected chi connectivity index (χ0v) is 11.3. The van der Waals surface area contributed by atoms with Gasteiger partial charge in [-0.1, -0.05) is 6.92 Å². The van der Waals surface area contributed by atoms with Gasteiger partial charge in [-0.05, 0) is 56.7 Å². The minimum Gasteiger partial charge on any atom is -0.318 e. The Labute approximate surface area is 99.0 Å². The van der Waals surface area contributed by atoms with Gasteiger partial charge in [-0.15, -0.1) is 0 Å². The summed E-state index contributed by atoms with van der Waals surface area (Å²) in [6.45, 7) is 4.65. The summed E-state index contributed by atoms with van der Waals surface area (Å²) in [6.07, 6.45) is 7.93. The van der Waals surface area contributed by atoms with Crippen molar-refractivity contribution in [3.8, 4) is 0 Å². The minimum atomic E-state index is 0.769. The fraction of sp³-hybridized carbons (Fsp3) is 1.00. The summed E-state index contributed by atoms with van der Waals surface area (Å²) in [7, 11) is 1.99. The van der Waals surface area contributed by atoms with Gasteiger partial charge in [0.15, 0.2) is 0 Å². The Bertz CT molecular complexity index is 165. The highest BCUT2D eigenvalue weighted by molar-refractivity contribution is 7.98. The Morgan fingerprint density at radius 3 is 2.27 bits per heavy atom. The SMILES string of the molecule is CCC1(CSC)CC1.CNCC1CCN1. The van der Waals surface area contributed by atoms with Crippen LogP contribution in [0.1, 0.15) is 32.6 Å². The number of likely N-dealkylation sites (N-methyl/N-ethyl adjacent to an activating group) is 1. The second-order valence-electron chi connectivity index (χ2n) is 4.78. The van der Waals surface area contributed by atoms with Gasteiger partial charge in [0.2, 0.25) is 0 Å². The van der Waals surface area contributed by atoms with Crippen LogP contribution >= 0.6 is 11.8 Å². The molecule has 1 aliphatic carbocycles. The molecule has 0 aromatic heterocycles. The first-order valence-corrected chi connectivity index (χ1v) is 7.52. The van der Waals surface area contributed by atoms with E-state index in [4.69, 9.17) is 0 Å². The summed E-state index contributed by atoms with van der Waals surface area (Å²) in [5.74, 6) is 1.39. The number of thioether (sulfide) groups is 1. The number of hydrogen-bond donors (Lipinski definition) is 2. The Morgan fingerprint density at radius 1 is 1.47 bits per heavy atom. The van der Waals surface area contributed by atoms with E-state index in [-0.39, 0.29) is 0 Å². The van der Waals surface area contributed by atoms with E-state index in [2.05, 4.69) is 23.8 Å². The lowest BCUT2D eigenvalue weighted by Crippen LogP contribution is -2.48. The van der Waals surface area contributed by atoms with Gasteiger partial charge in [0.25, 0.3) is 0 Å². The highest BCUT2D eigenvalue weighted by Gasteiger charge is 2.39. The van der Waals surface area contributed by atoms with Crippen molar-refractivity contribution < 1.29 is 0 Å². The Balaban J connectivity index is 0.000000151. The van der Waals surface area contributed by atoms with Crippen molar-refractivity contribution >= 4 is 11.8 Å². The number of rotatable bonds is 5. The first kappa shape index (κ1) is 13.3. The highest BCUT2D eigenvalue weighted by atomic mass is 32.2. The third-order valence-electron chi connectivity index (χ3n) is 3.53. The molecule has 0 spiro atoms. The molecule has 15 heavy (non-hydrogen) atoms. The van der Waals surface area contributed by atoms with Gasteiger partial charge in [-0.25, -0.2) is 0 Å². The van der Waals surface area contributed by atoms with E-state index >= 15 is 0 Å². The second kappa shape index (κ2) is 6.77. The molecule has 2 N–H and O–H groups in total. The van der Waals surface area contributed by atoms with E-state index in [1.807, 2.05) is 18.8 Å². The van der Waals surface area contributed by atoms with Crippen LogP contribution in [0.25, 0.3) is 0 Å². The van der Waals surface area contributed by atoms with E-state index in [1.165, 1.54) is 38.0 Å². The summed E-state index contributed by atoms with van der Waals surface area (Å²) in [5.41, 5.74) is 0.805. The molecule has 1 atom stereocenters. The predicted molar refractivity (Wildman–Crippen MR) is 70.7 cm³/mol. The van der Waals surface area contributed by atoms with Crippen LogP contribution in [0.4, 0.5) is 0 Å². The van der Waals surface area contributed by atoms with Crippen molar-refractivity contribution in [2.75, 3.05) is 32.1 Å². The highest BCUT2D eigenvalue weighted by Crippen LogP contribution is 2.50. The van der Waals surface area contributed by atoms with Crippen molar-refractivity contribution in [3.05, 3.63) is 0 Å². The molecular weight excluding hydrogens is 204 g/mol. The van der Waals surface area contributed by atoms with Gasteiger partial charge in [-0.2, -0.15) is 11.8 Å². The summed E-state index contributed by atoms with van der Waals surface area (Å²) in [5, 5.41) is 6.39. The normalized spacial score (nSPS) is 26.2. The molecule has 1 aliphatic heterocycles. The van der Waals surface area contributed by atoms with E-state index in [9.17, 15) is 0 Å². The van der Waals surface area contributed by atoms with Crippen LogP contribution in [0, 0.1) is 5.41 Å². The predicted octanol–water partition coefficient (Wildman–Crippen LogP) is 2.11. The summed E-state index contributed by atoms with van der Waals surface area (Å²) in [4.78, 5) is 0. The molecule has 3 heteroatoms. The average Bonchev–Trinajstić information content (AvgIpc) is 2.94.